The number of anilines is 2. The molecule has 1 amide bonds. The number of fused-ring (bicyclic) bond motifs is 1. The molecule has 0 aliphatic carbocycles. The number of nitrogens with zero attached hydrogens (tertiary/aromatic N) is 1. The van der Waals surface area contributed by atoms with Crippen molar-refractivity contribution in [1.82, 2.24) is 4.98 Å². The molecule has 0 saturated heterocycles. The van der Waals surface area contributed by atoms with Crippen LogP contribution >= 0.6 is 0 Å². The summed E-state index contributed by atoms with van der Waals surface area (Å²) >= 11 is 0. The van der Waals surface area contributed by atoms with Gasteiger partial charge in [0.05, 0.1) is 0 Å². The Bertz CT molecular complexity index is 1010. The molecule has 2 aromatic carbocycles. The van der Waals surface area contributed by atoms with Gasteiger partial charge in [-0.05, 0) is 66.9 Å². The van der Waals surface area contributed by atoms with Crippen LogP contribution in [0.25, 0.3) is 0 Å². The standard InChI is InChI=1S/C22H21N3O3/c1-14-7-15(2)9-18(8-14)25-22(26)19-11-17(5-6-23-19)24-12-16-3-4-20-21(10-16)28-13-27-20/h3-11H,12-13H2,1-2H3,(H,23,24)(H,25,26). The molecule has 142 valence electrons. The van der Waals surface area contributed by atoms with Crippen LogP contribution in [0.4, 0.5) is 11.4 Å². The number of rotatable bonds is 5. The molecule has 3 aromatic rings. The zero-order valence-corrected chi connectivity index (χ0v) is 15.8. The highest BCUT2D eigenvalue weighted by atomic mass is 16.7. The van der Waals surface area contributed by atoms with Gasteiger partial charge in [-0.1, -0.05) is 12.1 Å². The first-order valence-electron chi connectivity index (χ1n) is 9.05. The third-order valence-corrected chi connectivity index (χ3v) is 4.41. The Morgan fingerprint density at radius 3 is 2.57 bits per heavy atom. The van der Waals surface area contributed by atoms with Gasteiger partial charge >= 0.3 is 0 Å². The monoisotopic (exact) mass is 375 g/mol. The molecule has 0 unspecified atom stereocenters. The van der Waals surface area contributed by atoms with E-state index in [0.29, 0.717) is 12.2 Å². The molecule has 0 fully saturated rings. The van der Waals surface area contributed by atoms with Gasteiger partial charge in [0.25, 0.3) is 5.91 Å². The quantitative estimate of drug-likeness (QED) is 0.696. The van der Waals surface area contributed by atoms with Crippen molar-refractivity contribution < 1.29 is 14.3 Å². The van der Waals surface area contributed by atoms with Gasteiger partial charge in [0, 0.05) is 24.1 Å². The SMILES string of the molecule is Cc1cc(C)cc(NC(=O)c2cc(NCc3ccc4c(c3)OCO4)ccn2)c1. The predicted octanol–water partition coefficient (Wildman–Crippen LogP) is 4.29. The Kier molecular flexibility index (Phi) is 4.85. The van der Waals surface area contributed by atoms with Crippen molar-refractivity contribution in [3.05, 3.63) is 77.1 Å². The molecular weight excluding hydrogens is 354 g/mol. The van der Waals surface area contributed by atoms with Crippen molar-refractivity contribution in [2.24, 2.45) is 0 Å². The van der Waals surface area contributed by atoms with Gasteiger partial charge in [0.2, 0.25) is 6.79 Å². The first-order valence-corrected chi connectivity index (χ1v) is 9.05. The smallest absolute Gasteiger partial charge is 0.274 e. The highest BCUT2D eigenvalue weighted by Crippen LogP contribution is 2.32. The number of hydrogen-bond acceptors (Lipinski definition) is 5. The number of aryl methyl sites for hydroxylation is 2. The molecule has 4 rings (SSSR count). The molecule has 2 heterocycles. The molecule has 2 N–H and O–H groups in total. The Labute approximate surface area is 163 Å². The van der Waals surface area contributed by atoms with Gasteiger partial charge < -0.3 is 20.1 Å². The minimum Gasteiger partial charge on any atom is -0.454 e. The summed E-state index contributed by atoms with van der Waals surface area (Å²) in [5.41, 5.74) is 5.20. The summed E-state index contributed by atoms with van der Waals surface area (Å²) < 4.78 is 10.7. The molecule has 6 heteroatoms. The summed E-state index contributed by atoms with van der Waals surface area (Å²) in [6.45, 7) is 4.86. The van der Waals surface area contributed by atoms with Crippen LogP contribution in [-0.4, -0.2) is 17.7 Å². The zero-order valence-electron chi connectivity index (χ0n) is 15.8. The molecule has 1 aromatic heterocycles. The minimum absolute atomic E-state index is 0.239. The molecule has 1 aliphatic rings. The summed E-state index contributed by atoms with van der Waals surface area (Å²) in [6.07, 6.45) is 1.62. The van der Waals surface area contributed by atoms with Crippen LogP contribution in [0.2, 0.25) is 0 Å². The van der Waals surface area contributed by atoms with E-state index in [2.05, 4.69) is 21.7 Å². The molecule has 0 bridgehead atoms. The normalized spacial score (nSPS) is 11.9. The van der Waals surface area contributed by atoms with Crippen LogP contribution in [0, 0.1) is 13.8 Å². The highest BCUT2D eigenvalue weighted by Gasteiger charge is 2.13. The number of nitrogens with one attached hydrogen (secondary N) is 2. The highest BCUT2D eigenvalue weighted by molar-refractivity contribution is 6.03. The topological polar surface area (TPSA) is 72.5 Å². The molecule has 1 aliphatic heterocycles. The lowest BCUT2D eigenvalue weighted by molar-refractivity contribution is 0.102. The zero-order chi connectivity index (χ0) is 19.5. The van der Waals surface area contributed by atoms with E-state index in [1.54, 1.807) is 12.3 Å². The van der Waals surface area contributed by atoms with Crippen molar-refractivity contribution >= 4 is 17.3 Å². The van der Waals surface area contributed by atoms with Crippen molar-refractivity contribution in [3.63, 3.8) is 0 Å². The van der Waals surface area contributed by atoms with Gasteiger partial charge in [-0.25, -0.2) is 0 Å². The molecule has 0 spiro atoms. The van der Waals surface area contributed by atoms with Crippen LogP contribution in [0.15, 0.2) is 54.7 Å². The Balaban J connectivity index is 1.43. The number of carbonyl (C=O) groups is 1. The third kappa shape index (κ3) is 4.06. The lowest BCUT2D eigenvalue weighted by Gasteiger charge is -2.10. The predicted molar refractivity (Wildman–Crippen MR) is 108 cm³/mol. The number of ether oxygens (including phenoxy) is 2. The van der Waals surface area contributed by atoms with Gasteiger partial charge in [-0.3, -0.25) is 9.78 Å². The third-order valence-electron chi connectivity index (χ3n) is 4.41. The first-order chi connectivity index (χ1) is 13.6. The van der Waals surface area contributed by atoms with Gasteiger partial charge in [0.1, 0.15) is 5.69 Å². The minimum atomic E-state index is -0.239. The average Bonchev–Trinajstić information content (AvgIpc) is 3.13. The Hall–Kier alpha value is -3.54. The maximum absolute atomic E-state index is 12.6. The van der Waals surface area contributed by atoms with E-state index < -0.39 is 0 Å². The van der Waals surface area contributed by atoms with E-state index >= 15 is 0 Å². The fraction of sp³-hybridized carbons (Fsp3) is 0.182. The Morgan fingerprint density at radius 2 is 1.75 bits per heavy atom. The molecular formula is C22H21N3O3. The Morgan fingerprint density at radius 1 is 0.964 bits per heavy atom. The van der Waals surface area contributed by atoms with E-state index in [4.69, 9.17) is 9.47 Å². The average molecular weight is 375 g/mol. The summed E-state index contributed by atoms with van der Waals surface area (Å²) in [6, 6.07) is 15.3. The molecule has 0 radical (unpaired) electrons. The number of amides is 1. The van der Waals surface area contributed by atoms with Crippen LogP contribution in [-0.2, 0) is 6.54 Å². The maximum Gasteiger partial charge on any atom is 0.274 e. The second-order valence-corrected chi connectivity index (χ2v) is 6.80. The second kappa shape index (κ2) is 7.60. The number of aromatic nitrogens is 1. The molecule has 0 saturated carbocycles. The molecule has 28 heavy (non-hydrogen) atoms. The number of benzene rings is 2. The van der Waals surface area contributed by atoms with Crippen molar-refractivity contribution in [2.45, 2.75) is 20.4 Å². The molecule has 0 atom stereocenters. The van der Waals surface area contributed by atoms with Crippen LogP contribution in [0.5, 0.6) is 11.5 Å². The summed E-state index contributed by atoms with van der Waals surface area (Å²) in [4.78, 5) is 16.8. The van der Waals surface area contributed by atoms with Crippen molar-refractivity contribution in [1.29, 1.82) is 0 Å². The lowest BCUT2D eigenvalue weighted by Crippen LogP contribution is -2.14. The van der Waals surface area contributed by atoms with Gasteiger partial charge in [-0.2, -0.15) is 0 Å². The van der Waals surface area contributed by atoms with Crippen LogP contribution in [0.1, 0.15) is 27.2 Å². The van der Waals surface area contributed by atoms with Gasteiger partial charge in [0.15, 0.2) is 11.5 Å². The summed E-state index contributed by atoms with van der Waals surface area (Å²) in [5.74, 6) is 1.28. The van der Waals surface area contributed by atoms with Crippen LogP contribution < -0.4 is 20.1 Å². The fourth-order valence-electron chi connectivity index (χ4n) is 3.16. The summed E-state index contributed by atoms with van der Waals surface area (Å²) in [7, 11) is 0. The number of hydrogen-bond donors (Lipinski definition) is 2. The first kappa shape index (κ1) is 17.9. The van der Waals surface area contributed by atoms with E-state index in [1.165, 1.54) is 0 Å². The van der Waals surface area contributed by atoms with E-state index in [9.17, 15) is 4.79 Å². The summed E-state index contributed by atoms with van der Waals surface area (Å²) in [5, 5.41) is 6.22. The largest absolute Gasteiger partial charge is 0.454 e. The van der Waals surface area contributed by atoms with E-state index in [-0.39, 0.29) is 12.7 Å². The van der Waals surface area contributed by atoms with E-state index in [0.717, 1.165) is 39.6 Å². The maximum atomic E-state index is 12.6. The van der Waals surface area contributed by atoms with Crippen molar-refractivity contribution in [3.8, 4) is 11.5 Å². The van der Waals surface area contributed by atoms with Crippen molar-refractivity contribution in [2.75, 3.05) is 17.4 Å². The lowest BCUT2D eigenvalue weighted by atomic mass is 10.1. The van der Waals surface area contributed by atoms with Crippen LogP contribution in [0.3, 0.4) is 0 Å². The fourth-order valence-corrected chi connectivity index (χ4v) is 3.16. The number of carbonyl (C=O) groups excluding carboxylic acids is 1. The van der Waals surface area contributed by atoms with Gasteiger partial charge in [-0.15, -0.1) is 0 Å². The second-order valence-electron chi connectivity index (χ2n) is 6.80. The molecule has 6 nitrogen and oxygen atoms in total. The van der Waals surface area contributed by atoms with E-state index in [1.807, 2.05) is 50.2 Å². The number of pyridine rings is 1.